The van der Waals surface area contributed by atoms with Crippen molar-refractivity contribution in [3.63, 3.8) is 0 Å². The molecule has 1 aliphatic heterocycles. The lowest BCUT2D eigenvalue weighted by molar-refractivity contribution is -0.151. The molecule has 0 N–H and O–H groups in total. The summed E-state index contributed by atoms with van der Waals surface area (Å²) in [7, 11) is 0. The van der Waals surface area contributed by atoms with Gasteiger partial charge in [-0.2, -0.15) is 0 Å². The molecule has 0 aliphatic carbocycles. The first-order valence-electron chi connectivity index (χ1n) is 11.1. The minimum absolute atomic E-state index is 0.202. The first-order chi connectivity index (χ1) is 15.8. The Labute approximate surface area is 195 Å². The predicted molar refractivity (Wildman–Crippen MR) is 127 cm³/mol. The quantitative estimate of drug-likeness (QED) is 0.536. The molecule has 0 saturated carbocycles. The lowest BCUT2D eigenvalue weighted by atomic mass is 9.98. The average molecular weight is 470 g/mol. The van der Waals surface area contributed by atoms with E-state index in [0.717, 1.165) is 15.7 Å². The predicted octanol–water partition coefficient (Wildman–Crippen LogP) is 2.63. The number of aromatic nitrogens is 2. The van der Waals surface area contributed by atoms with Crippen molar-refractivity contribution in [1.29, 1.82) is 0 Å². The standard InChI is InChI=1S/C24H27N3O5S/c1-4-32-23(30)17-6-5-10-25(13-17)20(28)14-26-19-9-11-33-21(19)22(29)27(24(26)31)18-8-7-15(2)16(3)12-18/h7-9,11-12,17H,4-6,10,13-14H2,1-3H3/t17-/m1/s1. The smallest absolute Gasteiger partial charge is 0.336 e. The summed E-state index contributed by atoms with van der Waals surface area (Å²) < 4.78 is 8.04. The molecule has 1 amide bonds. The van der Waals surface area contributed by atoms with Crippen LogP contribution < -0.4 is 11.2 Å². The molecule has 0 bridgehead atoms. The van der Waals surface area contributed by atoms with Crippen molar-refractivity contribution in [3.05, 3.63) is 61.6 Å². The SMILES string of the molecule is CCOC(=O)[C@@H]1CCCN(C(=O)Cn2c(=O)n(-c3ccc(C)c(C)c3)c(=O)c3sccc32)C1. The Bertz CT molecular complexity index is 1340. The van der Waals surface area contributed by atoms with E-state index >= 15 is 0 Å². The molecule has 3 heterocycles. The zero-order chi connectivity index (χ0) is 23.7. The van der Waals surface area contributed by atoms with Crippen molar-refractivity contribution in [2.75, 3.05) is 19.7 Å². The minimum atomic E-state index is -0.554. The summed E-state index contributed by atoms with van der Waals surface area (Å²) in [4.78, 5) is 53.5. The number of thiophene rings is 1. The number of ether oxygens (including phenoxy) is 1. The zero-order valence-corrected chi connectivity index (χ0v) is 19.8. The Morgan fingerprint density at radius 1 is 1.15 bits per heavy atom. The summed E-state index contributed by atoms with van der Waals surface area (Å²) in [5, 5.41) is 1.74. The molecule has 1 aliphatic rings. The lowest BCUT2D eigenvalue weighted by Crippen LogP contribution is -2.46. The molecule has 1 aromatic carbocycles. The summed E-state index contributed by atoms with van der Waals surface area (Å²) in [6.07, 6.45) is 1.37. The van der Waals surface area contributed by atoms with E-state index < -0.39 is 11.2 Å². The van der Waals surface area contributed by atoms with E-state index in [2.05, 4.69) is 0 Å². The number of likely N-dealkylation sites (tertiary alicyclic amines) is 1. The fourth-order valence-electron chi connectivity index (χ4n) is 4.22. The molecule has 2 aromatic heterocycles. The van der Waals surface area contributed by atoms with Gasteiger partial charge >= 0.3 is 11.7 Å². The van der Waals surface area contributed by atoms with Gasteiger partial charge < -0.3 is 9.64 Å². The van der Waals surface area contributed by atoms with E-state index in [1.54, 1.807) is 35.4 Å². The van der Waals surface area contributed by atoms with Crippen LogP contribution in [0.25, 0.3) is 15.9 Å². The molecule has 1 atom stereocenters. The second kappa shape index (κ2) is 9.35. The van der Waals surface area contributed by atoms with Crippen molar-refractivity contribution in [2.45, 2.75) is 40.2 Å². The van der Waals surface area contributed by atoms with Gasteiger partial charge in [-0.1, -0.05) is 6.07 Å². The van der Waals surface area contributed by atoms with E-state index in [9.17, 15) is 19.2 Å². The molecule has 174 valence electrons. The van der Waals surface area contributed by atoms with Crippen LogP contribution in [-0.2, 0) is 20.9 Å². The van der Waals surface area contributed by atoms with E-state index in [0.29, 0.717) is 41.9 Å². The summed E-state index contributed by atoms with van der Waals surface area (Å²) in [5.74, 6) is -0.912. The van der Waals surface area contributed by atoms with Gasteiger partial charge in [0, 0.05) is 13.1 Å². The maximum atomic E-state index is 13.5. The summed E-state index contributed by atoms with van der Waals surface area (Å²) in [6.45, 7) is 6.53. The zero-order valence-electron chi connectivity index (χ0n) is 19.0. The number of hydrogen-bond acceptors (Lipinski definition) is 6. The molecule has 3 aromatic rings. The van der Waals surface area contributed by atoms with Gasteiger partial charge in [0.05, 0.1) is 23.7 Å². The number of piperidine rings is 1. The third-order valence-electron chi connectivity index (χ3n) is 6.19. The number of fused-ring (bicyclic) bond motifs is 1. The number of amides is 1. The molecular formula is C24H27N3O5S. The molecule has 9 heteroatoms. The van der Waals surface area contributed by atoms with Crippen molar-refractivity contribution in [1.82, 2.24) is 14.0 Å². The Balaban J connectivity index is 1.71. The number of aryl methyl sites for hydroxylation is 2. The highest BCUT2D eigenvalue weighted by Crippen LogP contribution is 2.20. The summed E-state index contributed by atoms with van der Waals surface area (Å²) in [6, 6.07) is 7.11. The van der Waals surface area contributed by atoms with Crippen LogP contribution in [0.15, 0.2) is 39.2 Å². The third-order valence-corrected chi connectivity index (χ3v) is 7.08. The number of esters is 1. The van der Waals surface area contributed by atoms with Crippen LogP contribution in [0.4, 0.5) is 0 Å². The first kappa shape index (κ1) is 23.0. The van der Waals surface area contributed by atoms with Gasteiger partial charge in [0.2, 0.25) is 5.91 Å². The van der Waals surface area contributed by atoms with Crippen molar-refractivity contribution in [3.8, 4) is 5.69 Å². The number of benzene rings is 1. The van der Waals surface area contributed by atoms with Gasteiger partial charge in [-0.05, 0) is 68.3 Å². The van der Waals surface area contributed by atoms with Gasteiger partial charge in [-0.3, -0.25) is 19.0 Å². The normalized spacial score (nSPS) is 16.2. The molecule has 33 heavy (non-hydrogen) atoms. The van der Waals surface area contributed by atoms with Gasteiger partial charge in [-0.15, -0.1) is 11.3 Å². The van der Waals surface area contributed by atoms with Crippen LogP contribution in [0.1, 0.15) is 30.9 Å². The monoisotopic (exact) mass is 469 g/mol. The molecule has 0 radical (unpaired) electrons. The van der Waals surface area contributed by atoms with Crippen LogP contribution in [0.5, 0.6) is 0 Å². The van der Waals surface area contributed by atoms with Crippen molar-refractivity contribution < 1.29 is 14.3 Å². The highest BCUT2D eigenvalue weighted by Gasteiger charge is 2.30. The van der Waals surface area contributed by atoms with E-state index in [1.165, 1.54) is 15.9 Å². The molecule has 1 saturated heterocycles. The van der Waals surface area contributed by atoms with Crippen molar-refractivity contribution in [2.24, 2.45) is 5.92 Å². The Hall–Kier alpha value is -3.20. The third kappa shape index (κ3) is 4.37. The Kier molecular flexibility index (Phi) is 6.51. The van der Waals surface area contributed by atoms with Gasteiger partial charge in [0.25, 0.3) is 5.56 Å². The first-order valence-corrected chi connectivity index (χ1v) is 11.9. The highest BCUT2D eigenvalue weighted by molar-refractivity contribution is 7.17. The maximum absolute atomic E-state index is 13.5. The molecule has 0 unspecified atom stereocenters. The Morgan fingerprint density at radius 2 is 1.94 bits per heavy atom. The van der Waals surface area contributed by atoms with Crippen LogP contribution in [0.2, 0.25) is 0 Å². The van der Waals surface area contributed by atoms with Gasteiger partial charge in [0.15, 0.2) is 0 Å². The maximum Gasteiger partial charge on any atom is 0.336 e. The molecule has 4 rings (SSSR count). The van der Waals surface area contributed by atoms with Crippen LogP contribution >= 0.6 is 11.3 Å². The number of carbonyl (C=O) groups excluding carboxylic acids is 2. The number of nitrogens with zero attached hydrogens (tertiary/aromatic N) is 3. The number of rotatable bonds is 5. The molecule has 0 spiro atoms. The van der Waals surface area contributed by atoms with Gasteiger partial charge in [0.1, 0.15) is 11.2 Å². The summed E-state index contributed by atoms with van der Waals surface area (Å²) >= 11 is 1.25. The number of carbonyl (C=O) groups is 2. The topological polar surface area (TPSA) is 90.6 Å². The number of hydrogen-bond donors (Lipinski definition) is 0. The van der Waals surface area contributed by atoms with E-state index in [4.69, 9.17) is 4.74 Å². The average Bonchev–Trinajstić information content (AvgIpc) is 3.29. The van der Waals surface area contributed by atoms with Crippen molar-refractivity contribution >= 4 is 33.4 Å². The Morgan fingerprint density at radius 3 is 2.67 bits per heavy atom. The summed E-state index contributed by atoms with van der Waals surface area (Å²) in [5.41, 5.74) is 2.00. The fourth-order valence-corrected chi connectivity index (χ4v) is 5.05. The van der Waals surface area contributed by atoms with Gasteiger partial charge in [-0.25, -0.2) is 9.36 Å². The highest BCUT2D eigenvalue weighted by atomic mass is 32.1. The minimum Gasteiger partial charge on any atom is -0.466 e. The fraction of sp³-hybridized carbons (Fsp3) is 0.417. The lowest BCUT2D eigenvalue weighted by Gasteiger charge is -2.31. The molecular weight excluding hydrogens is 442 g/mol. The van der Waals surface area contributed by atoms with Crippen LogP contribution in [-0.4, -0.2) is 45.6 Å². The molecule has 1 fully saturated rings. The van der Waals surface area contributed by atoms with E-state index in [1.807, 2.05) is 19.9 Å². The van der Waals surface area contributed by atoms with Crippen LogP contribution in [0.3, 0.4) is 0 Å². The van der Waals surface area contributed by atoms with E-state index in [-0.39, 0.29) is 30.9 Å². The second-order valence-corrected chi connectivity index (χ2v) is 9.26. The largest absolute Gasteiger partial charge is 0.466 e. The molecule has 8 nitrogen and oxygen atoms in total. The van der Waals surface area contributed by atoms with Crippen LogP contribution in [0, 0.1) is 19.8 Å². The second-order valence-electron chi connectivity index (χ2n) is 8.34.